The van der Waals surface area contributed by atoms with E-state index >= 15 is 0 Å². The summed E-state index contributed by atoms with van der Waals surface area (Å²) in [5, 5.41) is 8.75. The fourth-order valence-electron chi connectivity index (χ4n) is 0.756. The topological polar surface area (TPSA) is 46.2 Å². The third-order valence-electron chi connectivity index (χ3n) is 1.44. The maximum Gasteiger partial charge on any atom is 0.0731 e. The maximum absolute atomic E-state index is 8.75. The Morgan fingerprint density at radius 2 is 2.33 bits per heavy atom. The Morgan fingerprint density at radius 3 is 2.67 bits per heavy atom. The van der Waals surface area contributed by atoms with E-state index in [0.29, 0.717) is 0 Å². The standard InChI is InChI=1S/C7H10BrNOS.ClH/c1-4-2-6(5(9)3-10)11-7(4)8;/h2,5,10H,3,9H2,1H3;1H/t5-;/m1./s1. The molecular formula is C7H11BrClNOS. The van der Waals surface area contributed by atoms with Gasteiger partial charge < -0.3 is 10.8 Å². The summed E-state index contributed by atoms with van der Waals surface area (Å²) in [6.07, 6.45) is 0. The summed E-state index contributed by atoms with van der Waals surface area (Å²) in [4.78, 5) is 1.02. The van der Waals surface area contributed by atoms with Gasteiger partial charge in [-0.1, -0.05) is 0 Å². The van der Waals surface area contributed by atoms with Crippen molar-refractivity contribution >= 4 is 39.7 Å². The monoisotopic (exact) mass is 271 g/mol. The van der Waals surface area contributed by atoms with E-state index in [4.69, 9.17) is 10.8 Å². The molecule has 0 aromatic carbocycles. The quantitative estimate of drug-likeness (QED) is 0.867. The number of nitrogens with two attached hydrogens (primary N) is 1. The number of hydrogen-bond acceptors (Lipinski definition) is 3. The van der Waals surface area contributed by atoms with Gasteiger partial charge >= 0.3 is 0 Å². The van der Waals surface area contributed by atoms with Crippen LogP contribution in [0.4, 0.5) is 0 Å². The van der Waals surface area contributed by atoms with Crippen molar-refractivity contribution in [2.24, 2.45) is 5.73 Å². The van der Waals surface area contributed by atoms with Crippen LogP contribution in [-0.4, -0.2) is 11.7 Å². The van der Waals surface area contributed by atoms with E-state index in [1.165, 1.54) is 5.56 Å². The van der Waals surface area contributed by atoms with E-state index in [0.717, 1.165) is 8.66 Å². The van der Waals surface area contributed by atoms with E-state index < -0.39 is 0 Å². The van der Waals surface area contributed by atoms with Crippen molar-refractivity contribution in [1.29, 1.82) is 0 Å². The van der Waals surface area contributed by atoms with Crippen LogP contribution in [0.5, 0.6) is 0 Å². The molecule has 0 radical (unpaired) electrons. The molecule has 1 rings (SSSR count). The van der Waals surface area contributed by atoms with E-state index in [1.807, 2.05) is 13.0 Å². The number of aliphatic hydroxyl groups excluding tert-OH is 1. The maximum atomic E-state index is 8.75. The Bertz CT molecular complexity index is 234. The van der Waals surface area contributed by atoms with Crippen molar-refractivity contribution in [3.63, 3.8) is 0 Å². The predicted molar refractivity (Wildman–Crippen MR) is 58.0 cm³/mol. The van der Waals surface area contributed by atoms with Gasteiger partial charge in [-0.2, -0.15) is 0 Å². The second kappa shape index (κ2) is 5.19. The van der Waals surface area contributed by atoms with Crippen LogP contribution in [0.2, 0.25) is 0 Å². The Labute approximate surface area is 90.3 Å². The lowest BCUT2D eigenvalue weighted by Crippen LogP contribution is -2.12. The van der Waals surface area contributed by atoms with Crippen LogP contribution in [0.25, 0.3) is 0 Å². The third-order valence-corrected chi connectivity index (χ3v) is 3.71. The van der Waals surface area contributed by atoms with Crippen LogP contribution >= 0.6 is 39.7 Å². The molecule has 0 saturated carbocycles. The zero-order valence-electron chi connectivity index (χ0n) is 6.58. The van der Waals surface area contributed by atoms with E-state index in [2.05, 4.69) is 15.9 Å². The number of rotatable bonds is 2. The fourth-order valence-corrected chi connectivity index (χ4v) is 2.32. The van der Waals surface area contributed by atoms with Gasteiger partial charge in [0.05, 0.1) is 16.4 Å². The van der Waals surface area contributed by atoms with Crippen molar-refractivity contribution in [2.45, 2.75) is 13.0 Å². The first kappa shape index (κ1) is 12.4. The molecule has 1 aromatic heterocycles. The van der Waals surface area contributed by atoms with Crippen molar-refractivity contribution in [2.75, 3.05) is 6.61 Å². The summed E-state index contributed by atoms with van der Waals surface area (Å²) in [6, 6.07) is 1.76. The average Bonchev–Trinajstić information content (AvgIpc) is 2.31. The Kier molecular flexibility index (Phi) is 5.36. The predicted octanol–water partition coefficient (Wildman–Crippen LogP) is 2.23. The van der Waals surface area contributed by atoms with Crippen LogP contribution in [0.15, 0.2) is 9.85 Å². The summed E-state index contributed by atoms with van der Waals surface area (Å²) < 4.78 is 1.09. The van der Waals surface area contributed by atoms with Gasteiger partial charge in [-0.05, 0) is 34.5 Å². The van der Waals surface area contributed by atoms with Crippen LogP contribution < -0.4 is 5.73 Å². The summed E-state index contributed by atoms with van der Waals surface area (Å²) in [7, 11) is 0. The molecule has 5 heteroatoms. The molecular weight excluding hydrogens is 262 g/mol. The molecule has 0 aliphatic heterocycles. The number of aryl methyl sites for hydroxylation is 1. The first-order chi connectivity index (χ1) is 5.15. The first-order valence-corrected chi connectivity index (χ1v) is 4.88. The van der Waals surface area contributed by atoms with Crippen LogP contribution in [-0.2, 0) is 0 Å². The Hall–Kier alpha value is 0.390. The smallest absolute Gasteiger partial charge is 0.0731 e. The van der Waals surface area contributed by atoms with Crippen molar-refractivity contribution in [3.05, 3.63) is 20.3 Å². The van der Waals surface area contributed by atoms with Crippen molar-refractivity contribution in [1.82, 2.24) is 0 Å². The molecule has 3 N–H and O–H groups in total. The van der Waals surface area contributed by atoms with E-state index in [9.17, 15) is 0 Å². The molecule has 2 nitrogen and oxygen atoms in total. The molecule has 1 aromatic rings. The largest absolute Gasteiger partial charge is 0.394 e. The lowest BCUT2D eigenvalue weighted by atomic mass is 10.2. The molecule has 1 heterocycles. The lowest BCUT2D eigenvalue weighted by molar-refractivity contribution is 0.269. The molecule has 0 amide bonds. The SMILES string of the molecule is Cc1cc([C@H](N)CO)sc1Br.Cl. The highest BCUT2D eigenvalue weighted by Gasteiger charge is 2.08. The third kappa shape index (κ3) is 2.71. The summed E-state index contributed by atoms with van der Waals surface area (Å²) in [6.45, 7) is 2.01. The minimum atomic E-state index is -0.231. The van der Waals surface area contributed by atoms with Gasteiger partial charge in [0.25, 0.3) is 0 Å². The highest BCUT2D eigenvalue weighted by atomic mass is 79.9. The first-order valence-electron chi connectivity index (χ1n) is 3.27. The fraction of sp³-hybridized carbons (Fsp3) is 0.429. The van der Waals surface area contributed by atoms with Gasteiger partial charge in [0.2, 0.25) is 0 Å². The number of hydrogen-bond donors (Lipinski definition) is 2. The van der Waals surface area contributed by atoms with Gasteiger partial charge in [-0.15, -0.1) is 23.7 Å². The minimum Gasteiger partial charge on any atom is -0.394 e. The minimum absolute atomic E-state index is 0. The highest BCUT2D eigenvalue weighted by molar-refractivity contribution is 9.11. The van der Waals surface area contributed by atoms with Gasteiger partial charge in [-0.3, -0.25) is 0 Å². The Morgan fingerprint density at radius 1 is 1.75 bits per heavy atom. The molecule has 0 saturated heterocycles. The van der Waals surface area contributed by atoms with Gasteiger partial charge in [0.1, 0.15) is 0 Å². The van der Waals surface area contributed by atoms with E-state index in [-0.39, 0.29) is 25.1 Å². The number of halogens is 2. The average molecular weight is 273 g/mol. The molecule has 12 heavy (non-hydrogen) atoms. The molecule has 1 atom stereocenters. The summed E-state index contributed by atoms with van der Waals surface area (Å²) >= 11 is 4.97. The van der Waals surface area contributed by atoms with Crippen LogP contribution in [0.3, 0.4) is 0 Å². The Balaban J connectivity index is 0.00000121. The second-order valence-corrected chi connectivity index (χ2v) is 4.80. The normalized spacial score (nSPS) is 12.3. The number of aliphatic hydroxyl groups is 1. The van der Waals surface area contributed by atoms with Crippen molar-refractivity contribution < 1.29 is 5.11 Å². The van der Waals surface area contributed by atoms with Crippen LogP contribution in [0.1, 0.15) is 16.5 Å². The van der Waals surface area contributed by atoms with Gasteiger partial charge in [0, 0.05) is 4.88 Å². The van der Waals surface area contributed by atoms with Gasteiger partial charge in [0.15, 0.2) is 0 Å². The molecule has 70 valence electrons. The lowest BCUT2D eigenvalue weighted by Gasteiger charge is -2.02. The zero-order chi connectivity index (χ0) is 8.43. The molecule has 0 aliphatic carbocycles. The second-order valence-electron chi connectivity index (χ2n) is 2.39. The summed E-state index contributed by atoms with van der Waals surface area (Å²) in [5.74, 6) is 0. The van der Waals surface area contributed by atoms with E-state index in [1.54, 1.807) is 11.3 Å². The van der Waals surface area contributed by atoms with Crippen LogP contribution in [0, 0.1) is 6.92 Å². The highest BCUT2D eigenvalue weighted by Crippen LogP contribution is 2.30. The zero-order valence-corrected chi connectivity index (χ0v) is 9.80. The molecule has 0 spiro atoms. The van der Waals surface area contributed by atoms with Crippen molar-refractivity contribution in [3.8, 4) is 0 Å². The molecule has 0 fully saturated rings. The molecule has 0 aliphatic rings. The molecule has 0 bridgehead atoms. The summed E-state index contributed by atoms with van der Waals surface area (Å²) in [5.41, 5.74) is 6.79. The number of thiophene rings is 1. The van der Waals surface area contributed by atoms with Gasteiger partial charge in [-0.25, -0.2) is 0 Å². The molecule has 0 unspecified atom stereocenters.